The second-order valence-electron chi connectivity index (χ2n) is 6.19. The lowest BCUT2D eigenvalue weighted by Gasteiger charge is -2.31. The molecule has 0 radical (unpaired) electrons. The molecule has 1 aromatic heterocycles. The molecule has 1 N–H and O–H groups in total. The van der Waals surface area contributed by atoms with Crippen molar-refractivity contribution >= 4 is 5.97 Å². The van der Waals surface area contributed by atoms with Gasteiger partial charge >= 0.3 is 5.97 Å². The van der Waals surface area contributed by atoms with Crippen LogP contribution in [-0.2, 0) is 16.0 Å². The number of aromatic amines is 1. The van der Waals surface area contributed by atoms with Crippen molar-refractivity contribution in [1.29, 1.82) is 0 Å². The molecule has 1 aliphatic heterocycles. The van der Waals surface area contributed by atoms with Crippen LogP contribution in [0.5, 0.6) is 0 Å². The van der Waals surface area contributed by atoms with Crippen molar-refractivity contribution in [2.75, 3.05) is 0 Å². The SMILES string of the molecule is C=CCCCCCc1ccc([C@H]2C(=O)O[C@@H](C)C[C@@H]2C=C)[nH]1. The van der Waals surface area contributed by atoms with E-state index >= 15 is 0 Å². The van der Waals surface area contributed by atoms with Crippen LogP contribution in [0.1, 0.15) is 56.3 Å². The van der Waals surface area contributed by atoms with Crippen LogP contribution in [0, 0.1) is 5.92 Å². The van der Waals surface area contributed by atoms with E-state index in [9.17, 15) is 4.79 Å². The Balaban J connectivity index is 1.95. The molecule has 2 heterocycles. The summed E-state index contributed by atoms with van der Waals surface area (Å²) in [5.74, 6) is -0.221. The minimum atomic E-state index is -0.233. The molecule has 3 atom stereocenters. The van der Waals surface area contributed by atoms with Gasteiger partial charge in [0.15, 0.2) is 0 Å². The average molecular weight is 301 g/mol. The fraction of sp³-hybridized carbons (Fsp3) is 0.526. The fourth-order valence-electron chi connectivity index (χ4n) is 3.17. The van der Waals surface area contributed by atoms with Crippen molar-refractivity contribution in [2.45, 2.75) is 57.5 Å². The minimum absolute atomic E-state index is 0.0222. The van der Waals surface area contributed by atoms with Gasteiger partial charge in [0, 0.05) is 11.4 Å². The highest BCUT2D eigenvalue weighted by atomic mass is 16.5. The van der Waals surface area contributed by atoms with Gasteiger partial charge in [0.05, 0.1) is 6.10 Å². The zero-order valence-corrected chi connectivity index (χ0v) is 13.5. The smallest absolute Gasteiger partial charge is 0.315 e. The van der Waals surface area contributed by atoms with Gasteiger partial charge in [-0.1, -0.05) is 18.6 Å². The summed E-state index contributed by atoms with van der Waals surface area (Å²) < 4.78 is 5.40. The summed E-state index contributed by atoms with van der Waals surface area (Å²) in [5, 5.41) is 0. The van der Waals surface area contributed by atoms with E-state index in [1.807, 2.05) is 25.1 Å². The molecule has 1 aromatic rings. The Morgan fingerprint density at radius 2 is 2.14 bits per heavy atom. The van der Waals surface area contributed by atoms with E-state index in [4.69, 9.17) is 4.74 Å². The third kappa shape index (κ3) is 4.12. The number of hydrogen-bond acceptors (Lipinski definition) is 2. The number of carbonyl (C=O) groups excluding carboxylic acids is 1. The number of nitrogens with one attached hydrogen (secondary N) is 1. The highest BCUT2D eigenvalue weighted by Crippen LogP contribution is 2.35. The summed E-state index contributed by atoms with van der Waals surface area (Å²) in [6.07, 6.45) is 10.3. The van der Waals surface area contributed by atoms with E-state index in [1.54, 1.807) is 0 Å². The van der Waals surface area contributed by atoms with Crippen molar-refractivity contribution in [3.05, 3.63) is 48.8 Å². The summed E-state index contributed by atoms with van der Waals surface area (Å²) in [7, 11) is 0. The molecule has 1 fully saturated rings. The van der Waals surface area contributed by atoms with Crippen LogP contribution >= 0.6 is 0 Å². The molecule has 3 nitrogen and oxygen atoms in total. The van der Waals surface area contributed by atoms with E-state index in [2.05, 4.69) is 24.2 Å². The summed E-state index contributed by atoms with van der Waals surface area (Å²) in [4.78, 5) is 15.6. The van der Waals surface area contributed by atoms with Crippen LogP contribution in [-0.4, -0.2) is 17.1 Å². The summed E-state index contributed by atoms with van der Waals surface area (Å²) >= 11 is 0. The number of unbranched alkanes of at least 4 members (excludes halogenated alkanes) is 3. The number of allylic oxidation sites excluding steroid dienone is 2. The molecule has 0 spiro atoms. The first kappa shape index (κ1) is 16.6. The molecule has 2 rings (SSSR count). The Morgan fingerprint density at radius 3 is 2.86 bits per heavy atom. The lowest BCUT2D eigenvalue weighted by Crippen LogP contribution is -2.34. The molecular weight excluding hydrogens is 274 g/mol. The zero-order chi connectivity index (χ0) is 15.9. The number of esters is 1. The van der Waals surface area contributed by atoms with Gasteiger partial charge in [-0.15, -0.1) is 13.2 Å². The normalized spacial score (nSPS) is 24.8. The van der Waals surface area contributed by atoms with Gasteiger partial charge in [0.2, 0.25) is 0 Å². The Kier molecular flexibility index (Phi) is 6.05. The van der Waals surface area contributed by atoms with Crippen LogP contribution in [0.4, 0.5) is 0 Å². The molecule has 0 aromatic carbocycles. The second-order valence-corrected chi connectivity index (χ2v) is 6.19. The second kappa shape index (κ2) is 8.02. The van der Waals surface area contributed by atoms with E-state index in [0.717, 1.165) is 31.4 Å². The third-order valence-electron chi connectivity index (χ3n) is 4.36. The van der Waals surface area contributed by atoms with Crippen LogP contribution in [0.2, 0.25) is 0 Å². The van der Waals surface area contributed by atoms with E-state index in [1.165, 1.54) is 18.5 Å². The van der Waals surface area contributed by atoms with Gasteiger partial charge in [-0.25, -0.2) is 0 Å². The van der Waals surface area contributed by atoms with Gasteiger partial charge in [-0.2, -0.15) is 0 Å². The van der Waals surface area contributed by atoms with E-state index in [-0.39, 0.29) is 23.9 Å². The Labute approximate surface area is 133 Å². The maximum absolute atomic E-state index is 12.2. The average Bonchev–Trinajstić information content (AvgIpc) is 2.94. The molecule has 22 heavy (non-hydrogen) atoms. The first-order valence-corrected chi connectivity index (χ1v) is 8.27. The summed E-state index contributed by atoms with van der Waals surface area (Å²) in [6, 6.07) is 4.12. The van der Waals surface area contributed by atoms with Crippen molar-refractivity contribution in [1.82, 2.24) is 4.98 Å². The molecule has 3 heteroatoms. The lowest BCUT2D eigenvalue weighted by molar-refractivity contribution is -0.157. The predicted octanol–water partition coefficient (Wildman–Crippen LogP) is 4.52. The maximum atomic E-state index is 12.2. The number of aryl methyl sites for hydroxylation is 1. The molecule has 1 aliphatic rings. The van der Waals surface area contributed by atoms with Crippen LogP contribution in [0.15, 0.2) is 37.4 Å². The van der Waals surface area contributed by atoms with Crippen molar-refractivity contribution in [3.8, 4) is 0 Å². The minimum Gasteiger partial charge on any atom is -0.462 e. The van der Waals surface area contributed by atoms with Crippen LogP contribution in [0.25, 0.3) is 0 Å². The monoisotopic (exact) mass is 301 g/mol. The van der Waals surface area contributed by atoms with Crippen molar-refractivity contribution < 1.29 is 9.53 Å². The van der Waals surface area contributed by atoms with Crippen LogP contribution in [0.3, 0.4) is 0 Å². The number of hydrogen-bond donors (Lipinski definition) is 1. The highest BCUT2D eigenvalue weighted by Gasteiger charge is 2.37. The fourth-order valence-corrected chi connectivity index (χ4v) is 3.17. The molecule has 120 valence electrons. The number of rotatable bonds is 8. The number of aromatic nitrogens is 1. The summed E-state index contributed by atoms with van der Waals surface area (Å²) in [5.41, 5.74) is 2.16. The van der Waals surface area contributed by atoms with Gasteiger partial charge in [-0.05, 0) is 57.1 Å². The van der Waals surface area contributed by atoms with Crippen molar-refractivity contribution in [2.24, 2.45) is 5.92 Å². The molecule has 0 bridgehead atoms. The van der Waals surface area contributed by atoms with E-state index < -0.39 is 0 Å². The Hall–Kier alpha value is -1.77. The Bertz CT molecular complexity index is 517. The largest absolute Gasteiger partial charge is 0.462 e. The zero-order valence-electron chi connectivity index (χ0n) is 13.5. The van der Waals surface area contributed by atoms with Gasteiger partial charge in [0.25, 0.3) is 0 Å². The molecule has 0 saturated carbocycles. The van der Waals surface area contributed by atoms with Crippen molar-refractivity contribution in [3.63, 3.8) is 0 Å². The predicted molar refractivity (Wildman–Crippen MR) is 89.8 cm³/mol. The standard InChI is InChI=1S/C19H27NO2/c1-4-6-7-8-9-10-16-11-12-17(20-16)18-15(5-2)13-14(3)22-19(18)21/h4-5,11-12,14-15,18,20H,1-2,6-10,13H2,3H3/t14-,15-,18-/m0/s1. The van der Waals surface area contributed by atoms with E-state index in [0.29, 0.717) is 0 Å². The van der Waals surface area contributed by atoms with Gasteiger partial charge in [0.1, 0.15) is 5.92 Å². The quantitative estimate of drug-likeness (QED) is 0.435. The maximum Gasteiger partial charge on any atom is 0.315 e. The molecule has 0 amide bonds. The first-order chi connectivity index (χ1) is 10.7. The third-order valence-corrected chi connectivity index (χ3v) is 4.36. The lowest BCUT2D eigenvalue weighted by atomic mass is 9.83. The highest BCUT2D eigenvalue weighted by molar-refractivity contribution is 5.79. The molecule has 1 saturated heterocycles. The van der Waals surface area contributed by atoms with Gasteiger partial charge < -0.3 is 9.72 Å². The number of carbonyl (C=O) groups is 1. The van der Waals surface area contributed by atoms with Gasteiger partial charge in [-0.3, -0.25) is 4.79 Å². The molecular formula is C19H27NO2. The molecule has 0 aliphatic carbocycles. The first-order valence-electron chi connectivity index (χ1n) is 8.27. The topological polar surface area (TPSA) is 42.1 Å². The summed E-state index contributed by atoms with van der Waals surface area (Å²) in [6.45, 7) is 9.56. The number of cyclic esters (lactones) is 1. The number of ether oxygens (including phenoxy) is 1. The molecule has 0 unspecified atom stereocenters. The Morgan fingerprint density at radius 1 is 1.32 bits per heavy atom. The van der Waals surface area contributed by atoms with Crippen LogP contribution < -0.4 is 0 Å². The number of H-pyrrole nitrogens is 1.